The lowest BCUT2D eigenvalue weighted by atomic mass is 10.1. The van der Waals surface area contributed by atoms with Gasteiger partial charge in [-0.2, -0.15) is 9.97 Å². The van der Waals surface area contributed by atoms with Crippen molar-refractivity contribution in [3.63, 3.8) is 0 Å². The molecule has 7 nitrogen and oxygen atoms in total. The Morgan fingerprint density at radius 3 is 3.00 bits per heavy atom. The van der Waals surface area contributed by atoms with Crippen LogP contribution in [0.25, 0.3) is 11.2 Å². The SMILES string of the molecule is CCCOc1nc(N)nc2c1ncn2[C@@H]1C=C[C@H](CO)C1. The first-order valence-corrected chi connectivity index (χ1v) is 7.15. The molecule has 2 aromatic rings. The molecule has 3 rings (SSSR count). The molecule has 0 bridgehead atoms. The van der Waals surface area contributed by atoms with E-state index >= 15 is 0 Å². The number of nitrogen functional groups attached to an aromatic ring is 1. The number of nitrogens with zero attached hydrogens (tertiary/aromatic N) is 4. The summed E-state index contributed by atoms with van der Waals surface area (Å²) in [5.74, 6) is 0.789. The highest BCUT2D eigenvalue weighted by molar-refractivity contribution is 5.77. The third-order valence-corrected chi connectivity index (χ3v) is 3.59. The Morgan fingerprint density at radius 2 is 2.29 bits per heavy atom. The predicted molar refractivity (Wildman–Crippen MR) is 78.9 cm³/mol. The number of ether oxygens (including phenoxy) is 1. The van der Waals surface area contributed by atoms with Crippen LogP contribution in [0, 0.1) is 5.92 Å². The molecule has 0 unspecified atom stereocenters. The van der Waals surface area contributed by atoms with Crippen LogP contribution in [-0.2, 0) is 0 Å². The third kappa shape index (κ3) is 2.56. The number of nitrogens with two attached hydrogens (primary N) is 1. The van der Waals surface area contributed by atoms with Crippen molar-refractivity contribution >= 4 is 17.1 Å². The van der Waals surface area contributed by atoms with E-state index in [-0.39, 0.29) is 24.5 Å². The van der Waals surface area contributed by atoms with Crippen LogP contribution in [0.2, 0.25) is 0 Å². The Balaban J connectivity index is 1.98. The van der Waals surface area contributed by atoms with Gasteiger partial charge in [-0.1, -0.05) is 19.1 Å². The van der Waals surface area contributed by atoms with Crippen molar-refractivity contribution in [1.82, 2.24) is 19.5 Å². The Bertz CT molecular complexity index is 667. The average Bonchev–Trinajstić information content (AvgIpc) is 3.10. The van der Waals surface area contributed by atoms with Gasteiger partial charge in [0, 0.05) is 12.5 Å². The van der Waals surface area contributed by atoms with Gasteiger partial charge >= 0.3 is 0 Å². The maximum atomic E-state index is 9.24. The van der Waals surface area contributed by atoms with Crippen LogP contribution in [0.3, 0.4) is 0 Å². The number of rotatable bonds is 5. The second-order valence-electron chi connectivity index (χ2n) is 5.19. The molecule has 7 heteroatoms. The predicted octanol–water partition coefficient (Wildman–Crippen LogP) is 1.31. The van der Waals surface area contributed by atoms with Gasteiger partial charge in [-0.05, 0) is 12.8 Å². The first-order chi connectivity index (χ1) is 10.2. The molecule has 2 heterocycles. The summed E-state index contributed by atoms with van der Waals surface area (Å²) in [6.45, 7) is 2.74. The molecule has 0 saturated heterocycles. The fourth-order valence-electron chi connectivity index (χ4n) is 2.54. The molecular weight excluding hydrogens is 270 g/mol. The number of hydrogen-bond acceptors (Lipinski definition) is 6. The zero-order valence-corrected chi connectivity index (χ0v) is 11.9. The van der Waals surface area contributed by atoms with Crippen LogP contribution in [0.5, 0.6) is 5.88 Å². The van der Waals surface area contributed by atoms with E-state index in [1.165, 1.54) is 0 Å². The van der Waals surface area contributed by atoms with Crippen LogP contribution < -0.4 is 10.5 Å². The van der Waals surface area contributed by atoms with E-state index in [0.717, 1.165) is 12.8 Å². The molecule has 0 radical (unpaired) electrons. The highest BCUT2D eigenvalue weighted by Crippen LogP contribution is 2.31. The van der Waals surface area contributed by atoms with Crippen molar-refractivity contribution < 1.29 is 9.84 Å². The summed E-state index contributed by atoms with van der Waals surface area (Å²) >= 11 is 0. The maximum absolute atomic E-state index is 9.24. The Labute approximate surface area is 122 Å². The minimum absolute atomic E-state index is 0.125. The van der Waals surface area contributed by atoms with Crippen LogP contribution in [0.15, 0.2) is 18.5 Å². The normalized spacial score (nSPS) is 21.2. The Morgan fingerprint density at radius 1 is 1.43 bits per heavy atom. The second-order valence-corrected chi connectivity index (χ2v) is 5.19. The number of aromatic nitrogens is 4. The summed E-state index contributed by atoms with van der Waals surface area (Å²) in [4.78, 5) is 12.8. The van der Waals surface area contributed by atoms with Crippen LogP contribution in [0.4, 0.5) is 5.95 Å². The first-order valence-electron chi connectivity index (χ1n) is 7.15. The van der Waals surface area contributed by atoms with E-state index in [1.807, 2.05) is 17.6 Å². The minimum Gasteiger partial charge on any atom is -0.476 e. The maximum Gasteiger partial charge on any atom is 0.247 e. The minimum atomic E-state index is 0.125. The molecule has 1 aliphatic rings. The van der Waals surface area contributed by atoms with Gasteiger partial charge in [0.1, 0.15) is 0 Å². The molecule has 0 aromatic carbocycles. The van der Waals surface area contributed by atoms with Crippen molar-refractivity contribution in [3.05, 3.63) is 18.5 Å². The first kappa shape index (κ1) is 13.8. The lowest BCUT2D eigenvalue weighted by Crippen LogP contribution is -2.09. The van der Waals surface area contributed by atoms with Crippen molar-refractivity contribution in [1.29, 1.82) is 0 Å². The third-order valence-electron chi connectivity index (χ3n) is 3.59. The highest BCUT2D eigenvalue weighted by atomic mass is 16.5. The molecule has 0 amide bonds. The van der Waals surface area contributed by atoms with Crippen molar-refractivity contribution in [3.8, 4) is 5.88 Å². The van der Waals surface area contributed by atoms with Gasteiger partial charge in [0.15, 0.2) is 11.2 Å². The molecule has 21 heavy (non-hydrogen) atoms. The molecule has 0 fully saturated rings. The van der Waals surface area contributed by atoms with Crippen molar-refractivity contribution in [2.24, 2.45) is 5.92 Å². The number of aliphatic hydroxyl groups is 1. The molecule has 1 aliphatic carbocycles. The van der Waals surface area contributed by atoms with Gasteiger partial charge in [-0.25, -0.2) is 4.98 Å². The molecule has 2 atom stereocenters. The van der Waals surface area contributed by atoms with Gasteiger partial charge in [0.2, 0.25) is 11.8 Å². The van der Waals surface area contributed by atoms with Gasteiger partial charge in [0.25, 0.3) is 0 Å². The number of hydrogen-bond donors (Lipinski definition) is 2. The summed E-state index contributed by atoms with van der Waals surface area (Å²) in [5, 5.41) is 9.24. The summed E-state index contributed by atoms with van der Waals surface area (Å²) < 4.78 is 7.56. The molecule has 0 aliphatic heterocycles. The summed E-state index contributed by atoms with van der Waals surface area (Å²) in [6.07, 6.45) is 7.53. The van der Waals surface area contributed by atoms with Gasteiger partial charge < -0.3 is 20.1 Å². The number of fused-ring (bicyclic) bond motifs is 1. The van der Waals surface area contributed by atoms with E-state index in [2.05, 4.69) is 21.0 Å². The van der Waals surface area contributed by atoms with Crippen LogP contribution in [0.1, 0.15) is 25.8 Å². The summed E-state index contributed by atoms with van der Waals surface area (Å²) in [5.41, 5.74) is 7.07. The largest absolute Gasteiger partial charge is 0.476 e. The zero-order valence-electron chi connectivity index (χ0n) is 11.9. The van der Waals surface area contributed by atoms with Crippen LogP contribution >= 0.6 is 0 Å². The van der Waals surface area contributed by atoms with Gasteiger partial charge in [-0.3, -0.25) is 0 Å². The standard InChI is InChI=1S/C14H19N5O2/c1-2-5-21-13-11-12(17-14(15)18-13)19(8-16-11)10-4-3-9(6-10)7-20/h3-4,8-10,20H,2,5-7H2,1H3,(H2,15,17,18)/t9-,10+/m0/s1. The summed E-state index contributed by atoms with van der Waals surface area (Å²) in [6, 6.07) is 0.125. The Hall–Kier alpha value is -2.15. The molecule has 0 spiro atoms. The second kappa shape index (κ2) is 5.69. The monoisotopic (exact) mass is 289 g/mol. The van der Waals surface area contributed by atoms with E-state index in [9.17, 15) is 5.11 Å². The van der Waals surface area contributed by atoms with Crippen molar-refractivity contribution in [2.45, 2.75) is 25.8 Å². The zero-order chi connectivity index (χ0) is 14.8. The molecule has 112 valence electrons. The number of allylic oxidation sites excluding steroid dienone is 1. The Kier molecular flexibility index (Phi) is 3.74. The van der Waals surface area contributed by atoms with E-state index in [1.54, 1.807) is 6.33 Å². The lowest BCUT2D eigenvalue weighted by molar-refractivity contribution is 0.244. The van der Waals surface area contributed by atoms with Crippen LogP contribution in [-0.4, -0.2) is 37.8 Å². The van der Waals surface area contributed by atoms with E-state index in [4.69, 9.17) is 10.5 Å². The number of aliphatic hydroxyl groups excluding tert-OH is 1. The number of anilines is 1. The highest BCUT2D eigenvalue weighted by Gasteiger charge is 2.23. The average molecular weight is 289 g/mol. The molecule has 0 saturated carbocycles. The van der Waals surface area contributed by atoms with Gasteiger partial charge in [0.05, 0.1) is 19.0 Å². The van der Waals surface area contributed by atoms with Crippen molar-refractivity contribution in [2.75, 3.05) is 18.9 Å². The smallest absolute Gasteiger partial charge is 0.247 e. The molecule has 2 aromatic heterocycles. The lowest BCUT2D eigenvalue weighted by Gasteiger charge is -2.13. The summed E-state index contributed by atoms with van der Waals surface area (Å²) in [7, 11) is 0. The fourth-order valence-corrected chi connectivity index (χ4v) is 2.54. The quantitative estimate of drug-likeness (QED) is 0.805. The fraction of sp³-hybridized carbons (Fsp3) is 0.500. The molecular formula is C14H19N5O2. The topological polar surface area (TPSA) is 99.1 Å². The van der Waals surface area contributed by atoms with E-state index < -0.39 is 0 Å². The number of imidazole rings is 1. The van der Waals surface area contributed by atoms with E-state index in [0.29, 0.717) is 23.7 Å². The molecule has 3 N–H and O–H groups in total. The van der Waals surface area contributed by atoms with Gasteiger partial charge in [-0.15, -0.1) is 0 Å².